The first-order valence-corrected chi connectivity index (χ1v) is 10.0. The van der Waals surface area contributed by atoms with E-state index in [0.717, 1.165) is 5.56 Å². The third kappa shape index (κ3) is 6.64. The normalized spacial score (nSPS) is 11.4. The van der Waals surface area contributed by atoms with Crippen molar-refractivity contribution in [3.05, 3.63) is 89.4 Å². The molecule has 2 N–H and O–H groups in total. The number of hydrogen-bond donors (Lipinski definition) is 2. The van der Waals surface area contributed by atoms with Gasteiger partial charge in [0.15, 0.2) is 6.10 Å². The van der Waals surface area contributed by atoms with E-state index in [9.17, 15) is 9.59 Å². The van der Waals surface area contributed by atoms with Gasteiger partial charge in [0, 0.05) is 22.8 Å². The molecule has 3 rings (SSSR count). The minimum absolute atomic E-state index is 0.0817. The summed E-state index contributed by atoms with van der Waals surface area (Å²) in [6.07, 6.45) is 0.352. The van der Waals surface area contributed by atoms with Crippen LogP contribution in [0.15, 0.2) is 78.9 Å². The molecule has 0 bridgehead atoms. The minimum Gasteiger partial charge on any atom is -0.481 e. The number of rotatable bonds is 8. The van der Waals surface area contributed by atoms with E-state index in [1.165, 1.54) is 0 Å². The van der Waals surface area contributed by atoms with Gasteiger partial charge in [-0.2, -0.15) is 0 Å². The van der Waals surface area contributed by atoms with Gasteiger partial charge in [-0.25, -0.2) is 0 Å². The largest absolute Gasteiger partial charge is 0.481 e. The zero-order valence-electron chi connectivity index (χ0n) is 16.6. The van der Waals surface area contributed by atoms with Crippen molar-refractivity contribution in [3.8, 4) is 5.75 Å². The van der Waals surface area contributed by atoms with Crippen LogP contribution in [0.5, 0.6) is 5.75 Å². The Balaban J connectivity index is 1.52. The van der Waals surface area contributed by atoms with Crippen molar-refractivity contribution < 1.29 is 14.3 Å². The van der Waals surface area contributed by atoms with Gasteiger partial charge in [0.25, 0.3) is 5.91 Å². The third-order valence-corrected chi connectivity index (χ3v) is 4.65. The lowest BCUT2D eigenvalue weighted by atomic mass is 10.1. The Hall–Kier alpha value is -3.31. The first kappa shape index (κ1) is 21.4. The highest BCUT2D eigenvalue weighted by Crippen LogP contribution is 2.19. The van der Waals surface area contributed by atoms with E-state index < -0.39 is 6.10 Å². The molecule has 0 aliphatic rings. The van der Waals surface area contributed by atoms with Crippen molar-refractivity contribution >= 4 is 34.8 Å². The molecule has 0 aliphatic carbocycles. The van der Waals surface area contributed by atoms with Crippen molar-refractivity contribution in [2.75, 3.05) is 10.6 Å². The Kier molecular flexibility index (Phi) is 7.46. The number of amides is 2. The minimum atomic E-state index is -0.699. The highest BCUT2D eigenvalue weighted by Gasteiger charge is 2.15. The highest BCUT2D eigenvalue weighted by atomic mass is 35.5. The molecular formula is C24H23ClN2O3. The van der Waals surface area contributed by atoms with Crippen molar-refractivity contribution in [1.29, 1.82) is 0 Å². The van der Waals surface area contributed by atoms with E-state index in [-0.39, 0.29) is 11.8 Å². The molecule has 0 aliphatic heterocycles. The average Bonchev–Trinajstić information content (AvgIpc) is 2.75. The third-order valence-electron chi connectivity index (χ3n) is 4.39. The highest BCUT2D eigenvalue weighted by molar-refractivity contribution is 6.30. The summed E-state index contributed by atoms with van der Waals surface area (Å²) in [4.78, 5) is 24.7. The van der Waals surface area contributed by atoms with Crippen LogP contribution in [-0.2, 0) is 16.0 Å². The summed E-state index contributed by atoms with van der Waals surface area (Å²) in [5, 5.41) is 6.27. The molecule has 154 valence electrons. The number of nitrogens with one attached hydrogen (secondary N) is 2. The van der Waals surface area contributed by atoms with Gasteiger partial charge in [0.05, 0.1) is 0 Å². The monoisotopic (exact) mass is 422 g/mol. The summed E-state index contributed by atoms with van der Waals surface area (Å²) in [7, 11) is 0. The molecule has 0 saturated heterocycles. The predicted molar refractivity (Wildman–Crippen MR) is 120 cm³/mol. The SMILES string of the molecule is CC(Oc1ccc(Cl)cc1)C(=O)Nc1cccc(NC(=O)CCc2ccccc2)c1. The standard InChI is InChI=1S/C24H23ClN2O3/c1-17(30-22-13-11-19(25)12-14-22)24(29)27-21-9-5-8-20(16-21)26-23(28)15-10-18-6-3-2-4-7-18/h2-9,11-14,16-17H,10,15H2,1H3,(H,26,28)(H,27,29). The van der Waals surface area contributed by atoms with E-state index in [1.54, 1.807) is 55.5 Å². The lowest BCUT2D eigenvalue weighted by Gasteiger charge is -2.15. The number of aryl methyl sites for hydroxylation is 1. The van der Waals surface area contributed by atoms with Gasteiger partial charge in [-0.1, -0.05) is 48.0 Å². The molecule has 0 spiro atoms. The molecule has 0 aromatic heterocycles. The van der Waals surface area contributed by atoms with Crippen LogP contribution in [0.4, 0.5) is 11.4 Å². The fraction of sp³-hybridized carbons (Fsp3) is 0.167. The Bertz CT molecular complexity index is 991. The number of hydrogen-bond acceptors (Lipinski definition) is 3. The van der Waals surface area contributed by atoms with E-state index in [4.69, 9.17) is 16.3 Å². The topological polar surface area (TPSA) is 67.4 Å². The first-order chi connectivity index (χ1) is 14.5. The maximum Gasteiger partial charge on any atom is 0.265 e. The van der Waals surface area contributed by atoms with Gasteiger partial charge >= 0.3 is 0 Å². The quantitative estimate of drug-likeness (QED) is 0.516. The lowest BCUT2D eigenvalue weighted by Crippen LogP contribution is -2.30. The fourth-order valence-electron chi connectivity index (χ4n) is 2.82. The van der Waals surface area contributed by atoms with Crippen LogP contribution < -0.4 is 15.4 Å². The van der Waals surface area contributed by atoms with Crippen LogP contribution >= 0.6 is 11.6 Å². The van der Waals surface area contributed by atoms with Crippen LogP contribution in [0.2, 0.25) is 5.02 Å². The summed E-state index contributed by atoms with van der Waals surface area (Å²) in [6, 6.07) is 23.7. The zero-order chi connectivity index (χ0) is 21.3. The van der Waals surface area contributed by atoms with Crippen molar-refractivity contribution in [2.45, 2.75) is 25.9 Å². The molecule has 30 heavy (non-hydrogen) atoms. The summed E-state index contributed by atoms with van der Waals surface area (Å²) in [5.41, 5.74) is 2.31. The summed E-state index contributed by atoms with van der Waals surface area (Å²) in [5.74, 6) is 0.181. The molecule has 3 aromatic rings. The number of anilines is 2. The molecule has 0 fully saturated rings. The summed E-state index contributed by atoms with van der Waals surface area (Å²) < 4.78 is 5.63. The van der Waals surface area contributed by atoms with E-state index >= 15 is 0 Å². The number of benzene rings is 3. The van der Waals surface area contributed by atoms with Crippen LogP contribution in [0.25, 0.3) is 0 Å². The van der Waals surface area contributed by atoms with Crippen molar-refractivity contribution in [2.24, 2.45) is 0 Å². The van der Waals surface area contributed by atoms with Crippen LogP contribution in [0.3, 0.4) is 0 Å². The zero-order valence-corrected chi connectivity index (χ0v) is 17.4. The Labute approximate surface area is 181 Å². The van der Waals surface area contributed by atoms with E-state index in [0.29, 0.717) is 35.0 Å². The maximum atomic E-state index is 12.4. The van der Waals surface area contributed by atoms with Gasteiger partial charge in [0.2, 0.25) is 5.91 Å². The Morgan fingerprint density at radius 3 is 2.27 bits per heavy atom. The molecule has 5 nitrogen and oxygen atoms in total. The fourth-order valence-corrected chi connectivity index (χ4v) is 2.94. The van der Waals surface area contributed by atoms with Gasteiger partial charge in [-0.3, -0.25) is 9.59 Å². The second-order valence-corrected chi connectivity index (χ2v) is 7.25. The van der Waals surface area contributed by atoms with E-state index in [1.807, 2.05) is 30.3 Å². The van der Waals surface area contributed by atoms with Crippen LogP contribution in [0, 0.1) is 0 Å². The number of halogens is 1. The second kappa shape index (κ2) is 10.5. The van der Waals surface area contributed by atoms with Crippen LogP contribution in [0.1, 0.15) is 18.9 Å². The first-order valence-electron chi connectivity index (χ1n) is 9.66. The van der Waals surface area contributed by atoms with Gasteiger partial charge in [-0.05, 0) is 61.4 Å². The summed E-state index contributed by atoms with van der Waals surface area (Å²) in [6.45, 7) is 1.67. The maximum absolute atomic E-state index is 12.4. The Morgan fingerprint density at radius 1 is 0.900 bits per heavy atom. The van der Waals surface area contributed by atoms with Crippen LogP contribution in [-0.4, -0.2) is 17.9 Å². The lowest BCUT2D eigenvalue weighted by molar-refractivity contribution is -0.122. The second-order valence-electron chi connectivity index (χ2n) is 6.82. The van der Waals surface area contributed by atoms with Gasteiger partial charge < -0.3 is 15.4 Å². The molecule has 6 heteroatoms. The Morgan fingerprint density at radius 2 is 1.57 bits per heavy atom. The number of carbonyl (C=O) groups is 2. The molecule has 2 amide bonds. The number of ether oxygens (including phenoxy) is 1. The average molecular weight is 423 g/mol. The number of carbonyl (C=O) groups excluding carboxylic acids is 2. The molecular weight excluding hydrogens is 400 g/mol. The molecule has 0 saturated carbocycles. The van der Waals surface area contributed by atoms with Crippen molar-refractivity contribution in [3.63, 3.8) is 0 Å². The predicted octanol–water partition coefficient (Wildman–Crippen LogP) is 5.32. The van der Waals surface area contributed by atoms with Gasteiger partial charge in [-0.15, -0.1) is 0 Å². The van der Waals surface area contributed by atoms with Gasteiger partial charge in [0.1, 0.15) is 5.75 Å². The molecule has 3 aromatic carbocycles. The molecule has 0 radical (unpaired) electrons. The smallest absolute Gasteiger partial charge is 0.265 e. The molecule has 1 atom stereocenters. The van der Waals surface area contributed by atoms with E-state index in [2.05, 4.69) is 10.6 Å². The molecule has 0 heterocycles. The molecule has 1 unspecified atom stereocenters. The van der Waals surface area contributed by atoms with Crippen molar-refractivity contribution in [1.82, 2.24) is 0 Å². The summed E-state index contributed by atoms with van der Waals surface area (Å²) >= 11 is 5.85.